The minimum absolute atomic E-state index is 0. The van der Waals surface area contributed by atoms with E-state index < -0.39 is 5.54 Å². The number of piperidine rings is 1. The fourth-order valence-corrected chi connectivity index (χ4v) is 2.97. The number of hydrogen-bond acceptors (Lipinski definition) is 4. The summed E-state index contributed by atoms with van der Waals surface area (Å²) in [5, 5.41) is 6.18. The molecule has 0 radical (unpaired) electrons. The molecule has 5 nitrogen and oxygen atoms in total. The first-order chi connectivity index (χ1) is 8.68. The van der Waals surface area contributed by atoms with Crippen LogP contribution in [0, 0.1) is 5.92 Å². The molecule has 1 atom stereocenters. The van der Waals surface area contributed by atoms with Crippen molar-refractivity contribution < 1.29 is 14.3 Å². The highest BCUT2D eigenvalue weighted by molar-refractivity contribution is 5.89. The van der Waals surface area contributed by atoms with Crippen molar-refractivity contribution in [3.63, 3.8) is 0 Å². The van der Waals surface area contributed by atoms with Crippen molar-refractivity contribution in [1.82, 2.24) is 10.6 Å². The zero-order valence-electron chi connectivity index (χ0n) is 11.4. The van der Waals surface area contributed by atoms with Crippen molar-refractivity contribution in [3.8, 4) is 0 Å². The molecule has 2 rings (SSSR count). The Labute approximate surface area is 120 Å². The molecule has 0 aromatic heterocycles. The van der Waals surface area contributed by atoms with Crippen molar-refractivity contribution in [2.24, 2.45) is 5.92 Å². The third-order valence-electron chi connectivity index (χ3n) is 4.06. The lowest BCUT2D eigenvalue weighted by molar-refractivity contribution is -0.151. The van der Waals surface area contributed by atoms with Gasteiger partial charge in [0.05, 0.1) is 13.0 Å². The van der Waals surface area contributed by atoms with Gasteiger partial charge in [0.1, 0.15) is 5.54 Å². The van der Waals surface area contributed by atoms with E-state index in [9.17, 15) is 9.59 Å². The number of carbonyl (C=O) groups is 2. The van der Waals surface area contributed by atoms with E-state index in [0.29, 0.717) is 19.4 Å². The molecule has 2 N–H and O–H groups in total. The molecular formula is C13H23ClN2O3. The van der Waals surface area contributed by atoms with Gasteiger partial charge in [-0.25, -0.2) is 4.79 Å². The van der Waals surface area contributed by atoms with E-state index in [4.69, 9.17) is 4.74 Å². The van der Waals surface area contributed by atoms with E-state index in [2.05, 4.69) is 10.6 Å². The van der Waals surface area contributed by atoms with Crippen LogP contribution in [0.5, 0.6) is 0 Å². The predicted octanol–water partition coefficient (Wildman–Crippen LogP) is 1.01. The molecule has 19 heavy (non-hydrogen) atoms. The minimum atomic E-state index is -0.761. The summed E-state index contributed by atoms with van der Waals surface area (Å²) in [6, 6.07) is 0. The number of carbonyl (C=O) groups excluding carboxylic acids is 2. The van der Waals surface area contributed by atoms with Gasteiger partial charge in [0, 0.05) is 6.54 Å². The normalized spacial score (nSPS) is 25.2. The standard InChI is InChI=1S/C13H22N2O3.ClH/c1-18-12(17)13(6-2-3-7-13)15-11(16)10-5-4-8-14-9-10;/h10,14H,2-9H2,1H3,(H,15,16);1H. The van der Waals surface area contributed by atoms with Crippen LogP contribution >= 0.6 is 12.4 Å². The summed E-state index contributed by atoms with van der Waals surface area (Å²) >= 11 is 0. The molecule has 1 aliphatic carbocycles. The molecule has 1 saturated heterocycles. The molecule has 0 spiro atoms. The number of hydrogen-bond donors (Lipinski definition) is 2. The van der Waals surface area contributed by atoms with Gasteiger partial charge >= 0.3 is 5.97 Å². The second-order valence-corrected chi connectivity index (χ2v) is 5.31. The van der Waals surface area contributed by atoms with Gasteiger partial charge in [-0.3, -0.25) is 4.79 Å². The molecule has 110 valence electrons. The Morgan fingerprint density at radius 2 is 1.95 bits per heavy atom. The molecular weight excluding hydrogens is 268 g/mol. The van der Waals surface area contributed by atoms with Gasteiger partial charge in [-0.1, -0.05) is 12.8 Å². The maximum atomic E-state index is 12.2. The molecule has 0 aromatic carbocycles. The largest absolute Gasteiger partial charge is 0.467 e. The Bertz CT molecular complexity index is 324. The summed E-state index contributed by atoms with van der Waals surface area (Å²) in [7, 11) is 1.39. The zero-order valence-corrected chi connectivity index (χ0v) is 12.2. The van der Waals surface area contributed by atoms with Gasteiger partial charge in [-0.15, -0.1) is 12.4 Å². The first kappa shape index (κ1) is 16.2. The Morgan fingerprint density at radius 1 is 1.26 bits per heavy atom. The van der Waals surface area contributed by atoms with E-state index in [0.717, 1.165) is 32.2 Å². The summed E-state index contributed by atoms with van der Waals surface area (Å²) in [4.78, 5) is 24.1. The summed E-state index contributed by atoms with van der Waals surface area (Å²) in [5.41, 5.74) is -0.761. The molecule has 1 heterocycles. The lowest BCUT2D eigenvalue weighted by Gasteiger charge is -2.30. The highest BCUT2D eigenvalue weighted by atomic mass is 35.5. The molecule has 6 heteroatoms. The van der Waals surface area contributed by atoms with Gasteiger partial charge in [0.25, 0.3) is 0 Å². The molecule has 1 amide bonds. The van der Waals surface area contributed by atoms with Gasteiger partial charge in [-0.05, 0) is 32.2 Å². The Kier molecular flexibility index (Phi) is 6.07. The van der Waals surface area contributed by atoms with Gasteiger partial charge in [-0.2, -0.15) is 0 Å². The van der Waals surface area contributed by atoms with Crippen molar-refractivity contribution in [2.45, 2.75) is 44.1 Å². The average Bonchev–Trinajstić information content (AvgIpc) is 2.88. The topological polar surface area (TPSA) is 67.4 Å². The molecule has 1 unspecified atom stereocenters. The van der Waals surface area contributed by atoms with E-state index in [1.54, 1.807) is 0 Å². The summed E-state index contributed by atoms with van der Waals surface area (Å²) in [5.74, 6) is -0.313. The second kappa shape index (κ2) is 7.10. The maximum absolute atomic E-state index is 12.2. The van der Waals surface area contributed by atoms with Gasteiger partial charge in [0.2, 0.25) is 5.91 Å². The predicted molar refractivity (Wildman–Crippen MR) is 74.2 cm³/mol. The fourth-order valence-electron chi connectivity index (χ4n) is 2.97. The second-order valence-electron chi connectivity index (χ2n) is 5.31. The quantitative estimate of drug-likeness (QED) is 0.761. The van der Waals surface area contributed by atoms with Gasteiger partial charge in [0.15, 0.2) is 0 Å². The van der Waals surface area contributed by atoms with Crippen molar-refractivity contribution in [1.29, 1.82) is 0 Å². The summed E-state index contributed by atoms with van der Waals surface area (Å²) in [6.07, 6.45) is 5.26. The molecule has 1 saturated carbocycles. The van der Waals surface area contributed by atoms with Crippen LogP contribution < -0.4 is 10.6 Å². The Morgan fingerprint density at radius 3 is 2.47 bits per heavy atom. The van der Waals surface area contributed by atoms with E-state index >= 15 is 0 Å². The Balaban J connectivity index is 0.00000180. The number of esters is 1. The lowest BCUT2D eigenvalue weighted by Crippen LogP contribution is -2.56. The number of methoxy groups -OCH3 is 1. The van der Waals surface area contributed by atoms with E-state index in [1.807, 2.05) is 0 Å². The smallest absolute Gasteiger partial charge is 0.331 e. The van der Waals surface area contributed by atoms with Crippen LogP contribution in [-0.2, 0) is 14.3 Å². The highest BCUT2D eigenvalue weighted by Crippen LogP contribution is 2.31. The number of ether oxygens (including phenoxy) is 1. The maximum Gasteiger partial charge on any atom is 0.331 e. The first-order valence-corrected chi connectivity index (χ1v) is 6.79. The van der Waals surface area contributed by atoms with E-state index in [1.165, 1.54) is 7.11 Å². The van der Waals surface area contributed by atoms with Crippen molar-refractivity contribution in [3.05, 3.63) is 0 Å². The molecule has 2 aliphatic rings. The number of rotatable bonds is 3. The van der Waals surface area contributed by atoms with Crippen molar-refractivity contribution in [2.75, 3.05) is 20.2 Å². The zero-order chi connectivity index (χ0) is 13.0. The molecule has 0 bridgehead atoms. The number of nitrogens with one attached hydrogen (secondary N) is 2. The SMILES string of the molecule is COC(=O)C1(NC(=O)C2CCCNC2)CCCC1.Cl. The molecule has 1 aliphatic heterocycles. The highest BCUT2D eigenvalue weighted by Gasteiger charge is 2.44. The Hall–Kier alpha value is -0.810. The third-order valence-corrected chi connectivity index (χ3v) is 4.06. The van der Waals surface area contributed by atoms with Crippen LogP contribution in [0.2, 0.25) is 0 Å². The summed E-state index contributed by atoms with van der Waals surface area (Å²) < 4.78 is 4.86. The van der Waals surface area contributed by atoms with Crippen LogP contribution in [-0.4, -0.2) is 37.6 Å². The van der Waals surface area contributed by atoms with Gasteiger partial charge < -0.3 is 15.4 Å². The average molecular weight is 291 g/mol. The van der Waals surface area contributed by atoms with E-state index in [-0.39, 0.29) is 30.2 Å². The number of amides is 1. The number of halogens is 1. The molecule has 2 fully saturated rings. The summed E-state index contributed by atoms with van der Waals surface area (Å²) in [6.45, 7) is 1.69. The van der Waals surface area contributed by atoms with Crippen LogP contribution in [0.1, 0.15) is 38.5 Å². The monoisotopic (exact) mass is 290 g/mol. The lowest BCUT2D eigenvalue weighted by atomic mass is 9.93. The first-order valence-electron chi connectivity index (χ1n) is 6.79. The van der Waals surface area contributed by atoms with Crippen LogP contribution in [0.3, 0.4) is 0 Å². The fraction of sp³-hybridized carbons (Fsp3) is 0.846. The molecule has 0 aromatic rings. The van der Waals surface area contributed by atoms with Crippen molar-refractivity contribution >= 4 is 24.3 Å². The van der Waals surface area contributed by atoms with Crippen LogP contribution in [0.4, 0.5) is 0 Å². The minimum Gasteiger partial charge on any atom is -0.467 e. The van der Waals surface area contributed by atoms with Crippen LogP contribution in [0.25, 0.3) is 0 Å². The van der Waals surface area contributed by atoms with Crippen LogP contribution in [0.15, 0.2) is 0 Å². The third kappa shape index (κ3) is 3.60.